The average Bonchev–Trinajstić information content (AvgIpc) is 2.46. The number of rotatable bonds is 2. The molecular formula is C14H6F6O2. The Morgan fingerprint density at radius 3 is 1.73 bits per heavy atom. The van der Waals surface area contributed by atoms with E-state index < -0.39 is 63.1 Å². The fourth-order valence-electron chi connectivity index (χ4n) is 2.04. The van der Waals surface area contributed by atoms with E-state index in [4.69, 9.17) is 5.11 Å². The average molecular weight is 320 g/mol. The molecule has 0 fully saturated rings. The van der Waals surface area contributed by atoms with E-state index in [9.17, 15) is 31.1 Å². The lowest BCUT2D eigenvalue weighted by molar-refractivity contribution is 0.0696. The summed E-state index contributed by atoms with van der Waals surface area (Å²) in [5, 5.41) is 8.90. The van der Waals surface area contributed by atoms with Crippen LogP contribution in [0.1, 0.15) is 15.9 Å². The van der Waals surface area contributed by atoms with Gasteiger partial charge in [0.05, 0.1) is 11.1 Å². The van der Waals surface area contributed by atoms with Gasteiger partial charge >= 0.3 is 5.97 Å². The second kappa shape index (κ2) is 5.36. The second-order valence-corrected chi connectivity index (χ2v) is 4.35. The van der Waals surface area contributed by atoms with Gasteiger partial charge in [-0.15, -0.1) is 0 Å². The van der Waals surface area contributed by atoms with Gasteiger partial charge in [0.25, 0.3) is 0 Å². The van der Waals surface area contributed by atoms with Gasteiger partial charge in [0.15, 0.2) is 23.3 Å². The highest BCUT2D eigenvalue weighted by Crippen LogP contribution is 2.36. The van der Waals surface area contributed by atoms with Crippen LogP contribution in [0.2, 0.25) is 0 Å². The van der Waals surface area contributed by atoms with Crippen molar-refractivity contribution >= 4 is 5.97 Å². The van der Waals surface area contributed by atoms with Crippen molar-refractivity contribution in [2.45, 2.75) is 6.92 Å². The molecule has 1 N–H and O–H groups in total. The molecule has 8 heteroatoms. The minimum atomic E-state index is -2.38. The Bertz CT molecular complexity index is 772. The first-order chi connectivity index (χ1) is 10.2. The van der Waals surface area contributed by atoms with Gasteiger partial charge < -0.3 is 5.11 Å². The van der Waals surface area contributed by atoms with Gasteiger partial charge in [-0.05, 0) is 24.6 Å². The maximum atomic E-state index is 13.8. The van der Waals surface area contributed by atoms with Gasteiger partial charge in [0, 0.05) is 5.56 Å². The fraction of sp³-hybridized carbons (Fsp3) is 0.0714. The Morgan fingerprint density at radius 1 is 0.818 bits per heavy atom. The van der Waals surface area contributed by atoms with Crippen molar-refractivity contribution in [3.63, 3.8) is 0 Å². The summed E-state index contributed by atoms with van der Waals surface area (Å²) in [5.41, 5.74) is -3.49. The standard InChI is InChI=1S/C14H6F6O2/c1-4-5(14(21)22)2-3-6(15)7(4)8-9(16)11(18)13(20)12(19)10(8)17/h2-3H,1H3,(H,21,22). The van der Waals surface area contributed by atoms with E-state index in [0.717, 1.165) is 13.0 Å². The van der Waals surface area contributed by atoms with Crippen LogP contribution in [0.4, 0.5) is 26.3 Å². The fourth-order valence-corrected chi connectivity index (χ4v) is 2.04. The molecule has 0 spiro atoms. The van der Waals surface area contributed by atoms with Crippen molar-refractivity contribution in [1.29, 1.82) is 0 Å². The summed E-state index contributed by atoms with van der Waals surface area (Å²) in [6.07, 6.45) is 0. The summed E-state index contributed by atoms with van der Waals surface area (Å²) in [6.45, 7) is 1.000. The van der Waals surface area contributed by atoms with Crippen molar-refractivity contribution in [2.75, 3.05) is 0 Å². The molecule has 0 aromatic heterocycles. The lowest BCUT2D eigenvalue weighted by Gasteiger charge is -2.13. The molecule has 116 valence electrons. The Morgan fingerprint density at radius 2 is 1.27 bits per heavy atom. The molecule has 22 heavy (non-hydrogen) atoms. The molecule has 2 rings (SSSR count). The lowest BCUT2D eigenvalue weighted by Crippen LogP contribution is -2.08. The number of halogens is 6. The van der Waals surface area contributed by atoms with Crippen LogP contribution < -0.4 is 0 Å². The van der Waals surface area contributed by atoms with Crippen LogP contribution in [0.25, 0.3) is 11.1 Å². The highest BCUT2D eigenvalue weighted by atomic mass is 19.2. The van der Waals surface area contributed by atoms with E-state index >= 15 is 0 Å². The number of carbonyl (C=O) groups is 1. The van der Waals surface area contributed by atoms with Crippen LogP contribution in [0.3, 0.4) is 0 Å². The summed E-state index contributed by atoms with van der Waals surface area (Å²) < 4.78 is 80.8. The molecule has 0 unspecified atom stereocenters. The molecule has 0 bridgehead atoms. The van der Waals surface area contributed by atoms with Crippen molar-refractivity contribution < 1.29 is 36.2 Å². The number of carboxylic acids is 1. The van der Waals surface area contributed by atoms with Crippen LogP contribution in [-0.2, 0) is 0 Å². The Kier molecular flexibility index (Phi) is 3.87. The molecule has 0 radical (unpaired) electrons. The third-order valence-corrected chi connectivity index (χ3v) is 3.10. The van der Waals surface area contributed by atoms with Gasteiger partial charge in [0.2, 0.25) is 5.82 Å². The predicted molar refractivity (Wildman–Crippen MR) is 63.3 cm³/mol. The monoisotopic (exact) mass is 320 g/mol. The van der Waals surface area contributed by atoms with E-state index in [2.05, 4.69) is 0 Å². The Balaban J connectivity index is 2.95. The normalized spacial score (nSPS) is 10.9. The number of aromatic carboxylic acids is 1. The summed E-state index contributed by atoms with van der Waals surface area (Å²) in [6, 6.07) is 1.40. The smallest absolute Gasteiger partial charge is 0.335 e. The van der Waals surface area contributed by atoms with Gasteiger partial charge in [-0.2, -0.15) is 0 Å². The number of hydrogen-bond donors (Lipinski definition) is 1. The summed E-state index contributed by atoms with van der Waals surface area (Å²) in [4.78, 5) is 11.0. The molecule has 0 aliphatic carbocycles. The molecule has 0 saturated heterocycles. The Hall–Kier alpha value is -2.51. The predicted octanol–water partition coefficient (Wildman–Crippen LogP) is 4.19. The SMILES string of the molecule is Cc1c(C(=O)O)ccc(F)c1-c1c(F)c(F)c(F)c(F)c1F. The lowest BCUT2D eigenvalue weighted by atomic mass is 9.94. The van der Waals surface area contributed by atoms with Gasteiger partial charge in [-0.25, -0.2) is 31.1 Å². The van der Waals surface area contributed by atoms with Crippen LogP contribution in [-0.4, -0.2) is 11.1 Å². The number of benzene rings is 2. The topological polar surface area (TPSA) is 37.3 Å². The molecule has 0 atom stereocenters. The van der Waals surface area contributed by atoms with E-state index in [1.807, 2.05) is 0 Å². The number of hydrogen-bond acceptors (Lipinski definition) is 1. The van der Waals surface area contributed by atoms with Gasteiger partial charge in [-0.1, -0.05) is 0 Å². The zero-order valence-electron chi connectivity index (χ0n) is 10.8. The first-order valence-electron chi connectivity index (χ1n) is 5.72. The first kappa shape index (κ1) is 15.9. The van der Waals surface area contributed by atoms with Crippen molar-refractivity contribution in [2.24, 2.45) is 0 Å². The van der Waals surface area contributed by atoms with Crippen molar-refractivity contribution in [1.82, 2.24) is 0 Å². The van der Waals surface area contributed by atoms with Crippen molar-refractivity contribution in [3.05, 3.63) is 58.2 Å². The summed E-state index contributed by atoms with van der Waals surface area (Å²) in [5.74, 6) is -14.2. The van der Waals surface area contributed by atoms with E-state index in [1.165, 1.54) is 0 Å². The van der Waals surface area contributed by atoms with Crippen LogP contribution >= 0.6 is 0 Å². The second-order valence-electron chi connectivity index (χ2n) is 4.35. The van der Waals surface area contributed by atoms with Crippen molar-refractivity contribution in [3.8, 4) is 11.1 Å². The summed E-state index contributed by atoms with van der Waals surface area (Å²) >= 11 is 0. The molecule has 0 heterocycles. The molecule has 2 nitrogen and oxygen atoms in total. The van der Waals surface area contributed by atoms with E-state index in [0.29, 0.717) is 6.07 Å². The molecular weight excluding hydrogens is 314 g/mol. The first-order valence-corrected chi connectivity index (χ1v) is 5.72. The maximum absolute atomic E-state index is 13.8. The van der Waals surface area contributed by atoms with Gasteiger partial charge in [-0.3, -0.25) is 0 Å². The minimum Gasteiger partial charge on any atom is -0.478 e. The number of carboxylic acid groups (broad SMARTS) is 1. The molecule has 2 aromatic carbocycles. The molecule has 0 aliphatic rings. The third kappa shape index (κ3) is 2.20. The zero-order chi connectivity index (χ0) is 16.8. The van der Waals surface area contributed by atoms with Crippen LogP contribution in [0, 0.1) is 41.8 Å². The molecule has 0 saturated carbocycles. The van der Waals surface area contributed by atoms with Gasteiger partial charge in [0.1, 0.15) is 5.82 Å². The van der Waals surface area contributed by atoms with E-state index in [1.54, 1.807) is 0 Å². The minimum absolute atomic E-state index is 0.462. The summed E-state index contributed by atoms with van der Waals surface area (Å²) in [7, 11) is 0. The Labute approximate surface area is 119 Å². The maximum Gasteiger partial charge on any atom is 0.335 e. The largest absolute Gasteiger partial charge is 0.478 e. The quantitative estimate of drug-likeness (QED) is 0.512. The molecule has 2 aromatic rings. The molecule has 0 aliphatic heterocycles. The van der Waals surface area contributed by atoms with Crippen LogP contribution in [0.15, 0.2) is 12.1 Å². The zero-order valence-corrected chi connectivity index (χ0v) is 10.8. The third-order valence-electron chi connectivity index (χ3n) is 3.10. The van der Waals surface area contributed by atoms with E-state index in [-0.39, 0.29) is 0 Å². The highest BCUT2D eigenvalue weighted by Gasteiger charge is 2.30. The molecule has 0 amide bonds. The highest BCUT2D eigenvalue weighted by molar-refractivity contribution is 5.92. The van der Waals surface area contributed by atoms with Crippen LogP contribution in [0.5, 0.6) is 0 Å².